The van der Waals surface area contributed by atoms with Crippen molar-refractivity contribution in [1.82, 2.24) is 0 Å². The Labute approximate surface area is 70.7 Å². The van der Waals surface area contributed by atoms with Crippen LogP contribution in [0.5, 0.6) is 0 Å². The number of nitrogens with two attached hydrogens (primary N) is 1. The second kappa shape index (κ2) is 3.01. The second-order valence-electron chi connectivity index (χ2n) is 3.44. The van der Waals surface area contributed by atoms with E-state index in [0.29, 0.717) is 0 Å². The minimum Gasteiger partial charge on any atom is -0.481 e. The van der Waals surface area contributed by atoms with Gasteiger partial charge in [-0.15, -0.1) is 0 Å². The SMILES string of the molecule is CC(F)C(CN)(C(=O)O)C1CC1. The first-order chi connectivity index (χ1) is 5.55. The zero-order valence-corrected chi connectivity index (χ0v) is 7.09. The lowest BCUT2D eigenvalue weighted by atomic mass is 9.79. The molecule has 0 spiro atoms. The Morgan fingerprint density at radius 3 is 2.42 bits per heavy atom. The smallest absolute Gasteiger partial charge is 0.314 e. The van der Waals surface area contributed by atoms with Gasteiger partial charge in [0.2, 0.25) is 0 Å². The van der Waals surface area contributed by atoms with Crippen LogP contribution in [0.2, 0.25) is 0 Å². The average molecular weight is 175 g/mol. The molecule has 1 aliphatic rings. The van der Waals surface area contributed by atoms with Gasteiger partial charge in [0.1, 0.15) is 11.6 Å². The van der Waals surface area contributed by atoms with Gasteiger partial charge in [-0.2, -0.15) is 0 Å². The number of aliphatic carboxylic acids is 1. The summed E-state index contributed by atoms with van der Waals surface area (Å²) in [6, 6.07) is 0. The lowest BCUT2D eigenvalue weighted by Crippen LogP contribution is -2.47. The number of alkyl halides is 1. The highest BCUT2D eigenvalue weighted by molar-refractivity contribution is 5.76. The van der Waals surface area contributed by atoms with Crippen LogP contribution in [0.25, 0.3) is 0 Å². The van der Waals surface area contributed by atoms with Gasteiger partial charge in [0.15, 0.2) is 0 Å². The summed E-state index contributed by atoms with van der Waals surface area (Å²) in [5.41, 5.74) is 4.01. The highest BCUT2D eigenvalue weighted by atomic mass is 19.1. The Hall–Kier alpha value is -0.640. The summed E-state index contributed by atoms with van der Waals surface area (Å²) in [6.07, 6.45) is 0.211. The summed E-state index contributed by atoms with van der Waals surface area (Å²) >= 11 is 0. The van der Waals surface area contributed by atoms with Gasteiger partial charge in [-0.05, 0) is 25.7 Å². The quantitative estimate of drug-likeness (QED) is 0.663. The molecular formula is C8H14FNO2. The van der Waals surface area contributed by atoms with Gasteiger partial charge in [0, 0.05) is 6.54 Å². The topological polar surface area (TPSA) is 63.3 Å². The molecule has 2 unspecified atom stereocenters. The van der Waals surface area contributed by atoms with Crippen LogP contribution >= 0.6 is 0 Å². The zero-order chi connectivity index (χ0) is 9.35. The second-order valence-corrected chi connectivity index (χ2v) is 3.44. The van der Waals surface area contributed by atoms with Crippen molar-refractivity contribution in [3.63, 3.8) is 0 Å². The number of rotatable bonds is 4. The third-order valence-corrected chi connectivity index (χ3v) is 2.75. The van der Waals surface area contributed by atoms with Crippen molar-refractivity contribution in [3.8, 4) is 0 Å². The molecular weight excluding hydrogens is 161 g/mol. The molecule has 0 aromatic carbocycles. The van der Waals surface area contributed by atoms with Gasteiger partial charge in [0.25, 0.3) is 0 Å². The maximum atomic E-state index is 13.1. The fourth-order valence-electron chi connectivity index (χ4n) is 1.68. The Morgan fingerprint density at radius 2 is 2.33 bits per heavy atom. The number of carbonyl (C=O) groups is 1. The lowest BCUT2D eigenvalue weighted by molar-refractivity contribution is -0.154. The fraction of sp³-hybridized carbons (Fsp3) is 0.875. The van der Waals surface area contributed by atoms with E-state index in [9.17, 15) is 9.18 Å². The normalized spacial score (nSPS) is 24.6. The highest BCUT2D eigenvalue weighted by Crippen LogP contribution is 2.48. The van der Waals surface area contributed by atoms with Crippen LogP contribution in [0.4, 0.5) is 4.39 Å². The van der Waals surface area contributed by atoms with Crippen molar-refractivity contribution in [2.75, 3.05) is 6.54 Å². The van der Waals surface area contributed by atoms with Crippen LogP contribution in [-0.4, -0.2) is 23.8 Å². The third kappa shape index (κ3) is 1.20. The molecule has 4 heteroatoms. The van der Waals surface area contributed by atoms with Crippen molar-refractivity contribution in [2.45, 2.75) is 25.9 Å². The number of hydrogen-bond donors (Lipinski definition) is 2. The van der Waals surface area contributed by atoms with E-state index in [1.165, 1.54) is 6.92 Å². The van der Waals surface area contributed by atoms with Gasteiger partial charge in [-0.3, -0.25) is 4.79 Å². The summed E-state index contributed by atoms with van der Waals surface area (Å²) in [7, 11) is 0. The van der Waals surface area contributed by atoms with Crippen molar-refractivity contribution in [1.29, 1.82) is 0 Å². The summed E-state index contributed by atoms with van der Waals surface area (Å²) < 4.78 is 13.1. The van der Waals surface area contributed by atoms with Gasteiger partial charge in [0.05, 0.1) is 0 Å². The molecule has 3 nitrogen and oxygen atoms in total. The van der Waals surface area contributed by atoms with Gasteiger partial charge >= 0.3 is 5.97 Å². The predicted octanol–water partition coefficient (Wildman–Crippen LogP) is 0.784. The number of hydrogen-bond acceptors (Lipinski definition) is 2. The molecule has 2 atom stereocenters. The van der Waals surface area contributed by atoms with Crippen molar-refractivity contribution in [2.24, 2.45) is 17.1 Å². The molecule has 3 N–H and O–H groups in total. The molecule has 1 aliphatic carbocycles. The first-order valence-corrected chi connectivity index (χ1v) is 4.13. The van der Waals surface area contributed by atoms with Crippen molar-refractivity contribution in [3.05, 3.63) is 0 Å². The maximum Gasteiger partial charge on any atom is 0.314 e. The standard InChI is InChI=1S/C8H14FNO2/c1-5(9)8(4-10,7(11)12)6-2-3-6/h5-6H,2-4,10H2,1H3,(H,11,12). The largest absolute Gasteiger partial charge is 0.481 e. The molecule has 0 aromatic heterocycles. The number of carboxylic acid groups (broad SMARTS) is 1. The molecule has 0 amide bonds. The first kappa shape index (κ1) is 9.45. The summed E-state index contributed by atoms with van der Waals surface area (Å²) in [6.45, 7) is 1.17. The molecule has 0 aliphatic heterocycles. The monoisotopic (exact) mass is 175 g/mol. The number of halogens is 1. The first-order valence-electron chi connectivity index (χ1n) is 4.13. The summed E-state index contributed by atoms with van der Waals surface area (Å²) in [5, 5.41) is 8.88. The van der Waals surface area contributed by atoms with Crippen LogP contribution in [0, 0.1) is 11.3 Å². The van der Waals surface area contributed by atoms with E-state index in [2.05, 4.69) is 0 Å². The average Bonchev–Trinajstić information content (AvgIpc) is 2.72. The predicted molar refractivity (Wildman–Crippen MR) is 42.4 cm³/mol. The summed E-state index contributed by atoms with van der Waals surface area (Å²) in [4.78, 5) is 10.9. The lowest BCUT2D eigenvalue weighted by Gasteiger charge is -2.29. The molecule has 0 radical (unpaired) electrons. The van der Waals surface area contributed by atoms with Crippen molar-refractivity contribution >= 4 is 5.97 Å². The molecule has 0 bridgehead atoms. The van der Waals surface area contributed by atoms with Crippen LogP contribution in [0.15, 0.2) is 0 Å². The molecule has 1 rings (SSSR count). The van der Waals surface area contributed by atoms with Crippen LogP contribution in [0.3, 0.4) is 0 Å². The summed E-state index contributed by atoms with van der Waals surface area (Å²) in [5.74, 6) is -1.15. The molecule has 1 fully saturated rings. The van der Waals surface area contributed by atoms with Crippen LogP contribution in [-0.2, 0) is 4.79 Å². The minimum absolute atomic E-state index is 0.0556. The molecule has 0 saturated heterocycles. The fourth-order valence-corrected chi connectivity index (χ4v) is 1.68. The van der Waals surface area contributed by atoms with Gasteiger partial charge < -0.3 is 10.8 Å². The van der Waals surface area contributed by atoms with Crippen molar-refractivity contribution < 1.29 is 14.3 Å². The molecule has 12 heavy (non-hydrogen) atoms. The maximum absolute atomic E-state index is 13.1. The Morgan fingerprint density at radius 1 is 1.83 bits per heavy atom. The Balaban J connectivity index is 2.86. The number of carboxylic acids is 1. The van der Waals surface area contributed by atoms with Crippen LogP contribution in [0.1, 0.15) is 19.8 Å². The Kier molecular flexibility index (Phi) is 2.37. The van der Waals surface area contributed by atoms with E-state index in [-0.39, 0.29) is 12.5 Å². The minimum atomic E-state index is -1.37. The van der Waals surface area contributed by atoms with Gasteiger partial charge in [-0.1, -0.05) is 0 Å². The molecule has 0 heterocycles. The van der Waals surface area contributed by atoms with E-state index in [1.807, 2.05) is 0 Å². The Bertz CT molecular complexity index is 187. The zero-order valence-electron chi connectivity index (χ0n) is 7.09. The van der Waals surface area contributed by atoms with E-state index < -0.39 is 17.6 Å². The van der Waals surface area contributed by atoms with E-state index in [4.69, 9.17) is 10.8 Å². The van der Waals surface area contributed by atoms with E-state index >= 15 is 0 Å². The highest BCUT2D eigenvalue weighted by Gasteiger charge is 2.54. The van der Waals surface area contributed by atoms with Crippen LogP contribution < -0.4 is 5.73 Å². The third-order valence-electron chi connectivity index (χ3n) is 2.75. The van der Waals surface area contributed by atoms with Gasteiger partial charge in [-0.25, -0.2) is 4.39 Å². The molecule has 70 valence electrons. The van der Waals surface area contributed by atoms with E-state index in [1.54, 1.807) is 0 Å². The molecule has 0 aromatic rings. The van der Waals surface area contributed by atoms with E-state index in [0.717, 1.165) is 12.8 Å². The molecule has 1 saturated carbocycles.